The van der Waals surface area contributed by atoms with Gasteiger partial charge in [-0.25, -0.2) is 9.67 Å². The number of rotatable bonds is 6. The Bertz CT molecular complexity index is 1040. The molecule has 11 heteroatoms. The van der Waals surface area contributed by atoms with E-state index in [-0.39, 0.29) is 5.75 Å². The van der Waals surface area contributed by atoms with Gasteiger partial charge in [0, 0.05) is 16.9 Å². The molecule has 1 heterocycles. The molecule has 0 saturated carbocycles. The van der Waals surface area contributed by atoms with Crippen molar-refractivity contribution in [3.05, 3.63) is 82.3 Å². The number of aromatic nitrogens is 3. The number of benzene rings is 2. The number of alkyl halides is 3. The summed E-state index contributed by atoms with van der Waals surface area (Å²) in [6, 6.07) is 11.9. The Kier molecular flexibility index (Phi) is 5.79. The molecule has 2 aromatic carbocycles. The van der Waals surface area contributed by atoms with Crippen LogP contribution in [0.1, 0.15) is 21.7 Å². The van der Waals surface area contributed by atoms with Crippen molar-refractivity contribution < 1.29 is 22.7 Å². The third kappa shape index (κ3) is 5.56. The lowest BCUT2D eigenvalue weighted by Crippen LogP contribution is -2.17. The standard InChI is InChI=1S/C18H13F3N6O2/c19-18(20,21)29-15-8-6-14(7-9-15)27-11-23-16(25-27)10-3-12-1-4-13(5-2-12)17(28)24-26-22/h1-2,4-9,11H,3,10H2. The number of carbonyl (C=O) groups is 1. The summed E-state index contributed by atoms with van der Waals surface area (Å²) in [4.78, 5) is 18.1. The monoisotopic (exact) mass is 402 g/mol. The SMILES string of the molecule is [N-]=[N+]=NC(=O)c1ccc(CCc2ncn(-c3ccc(OC(F)(F)F)cc3)n2)cc1. The van der Waals surface area contributed by atoms with E-state index in [9.17, 15) is 18.0 Å². The van der Waals surface area contributed by atoms with Crippen molar-refractivity contribution in [2.75, 3.05) is 0 Å². The van der Waals surface area contributed by atoms with Gasteiger partial charge in [0.05, 0.1) is 5.69 Å². The van der Waals surface area contributed by atoms with Gasteiger partial charge in [-0.3, -0.25) is 4.79 Å². The van der Waals surface area contributed by atoms with Gasteiger partial charge < -0.3 is 4.74 Å². The van der Waals surface area contributed by atoms with Crippen LogP contribution in [-0.2, 0) is 12.8 Å². The highest BCUT2D eigenvalue weighted by molar-refractivity contribution is 5.94. The Labute approximate surface area is 162 Å². The maximum Gasteiger partial charge on any atom is 0.573 e. The maximum atomic E-state index is 12.2. The zero-order chi connectivity index (χ0) is 20.9. The molecule has 0 aliphatic heterocycles. The second-order valence-electron chi connectivity index (χ2n) is 5.84. The summed E-state index contributed by atoms with van der Waals surface area (Å²) in [5, 5.41) is 7.33. The minimum Gasteiger partial charge on any atom is -0.406 e. The molecule has 0 radical (unpaired) electrons. The van der Waals surface area contributed by atoms with Gasteiger partial charge >= 0.3 is 6.36 Å². The van der Waals surface area contributed by atoms with E-state index in [4.69, 9.17) is 5.53 Å². The molecule has 0 saturated heterocycles. The molecule has 1 aromatic heterocycles. The molecule has 0 aliphatic carbocycles. The molecular formula is C18H13F3N6O2. The summed E-state index contributed by atoms with van der Waals surface area (Å²) >= 11 is 0. The first-order chi connectivity index (χ1) is 13.8. The van der Waals surface area contributed by atoms with Gasteiger partial charge in [-0.2, -0.15) is 5.10 Å². The first kappa shape index (κ1) is 19.9. The van der Waals surface area contributed by atoms with Crippen LogP contribution in [0.15, 0.2) is 60.0 Å². The number of nitrogens with zero attached hydrogens (tertiary/aromatic N) is 6. The highest BCUT2D eigenvalue weighted by Gasteiger charge is 2.30. The molecule has 8 nitrogen and oxygen atoms in total. The smallest absolute Gasteiger partial charge is 0.406 e. The lowest BCUT2D eigenvalue weighted by atomic mass is 10.1. The number of azide groups is 1. The molecule has 1 amide bonds. The van der Waals surface area contributed by atoms with Gasteiger partial charge in [0.15, 0.2) is 5.82 Å². The van der Waals surface area contributed by atoms with E-state index >= 15 is 0 Å². The van der Waals surface area contributed by atoms with E-state index in [0.717, 1.165) is 5.56 Å². The van der Waals surface area contributed by atoms with Crippen LogP contribution in [0.4, 0.5) is 13.2 Å². The molecule has 0 unspecified atom stereocenters. The first-order valence-corrected chi connectivity index (χ1v) is 8.29. The zero-order valence-corrected chi connectivity index (χ0v) is 14.7. The van der Waals surface area contributed by atoms with Crippen molar-refractivity contribution >= 4 is 5.91 Å². The fourth-order valence-electron chi connectivity index (χ4n) is 2.51. The number of amides is 1. The van der Waals surface area contributed by atoms with Crippen LogP contribution in [0, 0.1) is 0 Å². The largest absolute Gasteiger partial charge is 0.573 e. The van der Waals surface area contributed by atoms with Gasteiger partial charge in [0.2, 0.25) is 5.91 Å². The molecule has 3 rings (SSSR count). The summed E-state index contributed by atoms with van der Waals surface area (Å²) in [5.41, 5.74) is 10.1. The molecule has 0 aliphatic rings. The summed E-state index contributed by atoms with van der Waals surface area (Å²) in [6.07, 6.45) is -2.14. The van der Waals surface area contributed by atoms with Gasteiger partial charge in [-0.05, 0) is 46.9 Å². The minimum atomic E-state index is -4.74. The van der Waals surface area contributed by atoms with Crippen LogP contribution in [0.25, 0.3) is 16.1 Å². The average Bonchev–Trinajstić information content (AvgIpc) is 3.15. The van der Waals surface area contributed by atoms with Crippen LogP contribution in [0.5, 0.6) is 5.75 Å². The fraction of sp³-hybridized carbons (Fsp3) is 0.167. The van der Waals surface area contributed by atoms with Crippen molar-refractivity contribution in [2.45, 2.75) is 19.2 Å². The number of aryl methyl sites for hydroxylation is 2. The number of ether oxygens (including phenoxy) is 1. The van der Waals surface area contributed by atoms with Crippen LogP contribution in [0.3, 0.4) is 0 Å². The molecule has 0 bridgehead atoms. The lowest BCUT2D eigenvalue weighted by Gasteiger charge is -2.09. The van der Waals surface area contributed by atoms with Gasteiger partial charge in [0.1, 0.15) is 12.1 Å². The minimum absolute atomic E-state index is 0.298. The van der Waals surface area contributed by atoms with E-state index in [1.54, 1.807) is 24.3 Å². The predicted octanol–water partition coefficient (Wildman–Crippen LogP) is 4.40. The van der Waals surface area contributed by atoms with E-state index < -0.39 is 12.3 Å². The summed E-state index contributed by atoms with van der Waals surface area (Å²) in [5.74, 6) is -0.412. The summed E-state index contributed by atoms with van der Waals surface area (Å²) in [7, 11) is 0. The Morgan fingerprint density at radius 3 is 2.41 bits per heavy atom. The third-order valence-electron chi connectivity index (χ3n) is 3.85. The normalized spacial score (nSPS) is 11.0. The average molecular weight is 402 g/mol. The van der Waals surface area contributed by atoms with Crippen molar-refractivity contribution in [3.8, 4) is 11.4 Å². The molecule has 0 N–H and O–H groups in total. The number of carbonyl (C=O) groups excluding carboxylic acids is 1. The van der Waals surface area contributed by atoms with Gasteiger partial charge in [-0.1, -0.05) is 24.3 Å². The topological polar surface area (TPSA) is 106 Å². The first-order valence-electron chi connectivity index (χ1n) is 8.29. The number of hydrogen-bond donors (Lipinski definition) is 0. The van der Waals surface area contributed by atoms with Crippen LogP contribution < -0.4 is 4.74 Å². The molecule has 148 valence electrons. The summed E-state index contributed by atoms with van der Waals surface area (Å²) in [6.45, 7) is 0. The zero-order valence-electron chi connectivity index (χ0n) is 14.7. The maximum absolute atomic E-state index is 12.2. The Balaban J connectivity index is 1.60. The second kappa shape index (κ2) is 8.44. The quantitative estimate of drug-likeness (QED) is 0.346. The van der Waals surface area contributed by atoms with E-state index in [2.05, 4.69) is 24.8 Å². The van der Waals surface area contributed by atoms with E-state index in [0.29, 0.717) is 29.9 Å². The predicted molar refractivity (Wildman–Crippen MR) is 95.4 cm³/mol. The van der Waals surface area contributed by atoms with Crippen LogP contribution in [-0.4, -0.2) is 27.0 Å². The lowest BCUT2D eigenvalue weighted by molar-refractivity contribution is -0.274. The highest BCUT2D eigenvalue weighted by atomic mass is 19.4. The van der Waals surface area contributed by atoms with Crippen molar-refractivity contribution in [1.29, 1.82) is 0 Å². The molecule has 0 spiro atoms. The molecule has 0 atom stereocenters. The molecule has 3 aromatic rings. The van der Waals surface area contributed by atoms with Crippen LogP contribution in [0.2, 0.25) is 0 Å². The fourth-order valence-corrected chi connectivity index (χ4v) is 2.51. The van der Waals surface area contributed by atoms with Crippen molar-refractivity contribution in [3.63, 3.8) is 0 Å². The van der Waals surface area contributed by atoms with E-state index in [1.807, 2.05) is 0 Å². The number of halogens is 3. The Hall–Kier alpha value is -3.85. The number of hydrogen-bond acceptors (Lipinski definition) is 4. The van der Waals surface area contributed by atoms with Crippen molar-refractivity contribution in [1.82, 2.24) is 14.8 Å². The molecule has 29 heavy (non-hydrogen) atoms. The third-order valence-corrected chi connectivity index (χ3v) is 3.85. The Morgan fingerprint density at radius 1 is 1.10 bits per heavy atom. The summed E-state index contributed by atoms with van der Waals surface area (Å²) < 4.78 is 41.9. The van der Waals surface area contributed by atoms with Gasteiger partial charge in [-0.15, -0.1) is 13.2 Å². The van der Waals surface area contributed by atoms with E-state index in [1.165, 1.54) is 35.3 Å². The molecular weight excluding hydrogens is 389 g/mol. The Morgan fingerprint density at radius 2 is 1.79 bits per heavy atom. The van der Waals surface area contributed by atoms with Crippen molar-refractivity contribution in [2.24, 2.45) is 5.11 Å². The van der Waals surface area contributed by atoms with Crippen LogP contribution >= 0.6 is 0 Å². The molecule has 0 fully saturated rings. The van der Waals surface area contributed by atoms with Gasteiger partial charge in [0.25, 0.3) is 0 Å². The highest BCUT2D eigenvalue weighted by Crippen LogP contribution is 2.23. The second-order valence-corrected chi connectivity index (χ2v) is 5.84.